The van der Waals surface area contributed by atoms with E-state index in [4.69, 9.17) is 15.7 Å². The number of hydrogen-bond donors (Lipinski definition) is 1. The van der Waals surface area contributed by atoms with Crippen LogP contribution in [0.3, 0.4) is 0 Å². The van der Waals surface area contributed by atoms with E-state index in [0.717, 1.165) is 5.69 Å². The van der Waals surface area contributed by atoms with Crippen LogP contribution in [0, 0.1) is 18.3 Å². The molecule has 2 aromatic rings. The zero-order valence-electron chi connectivity index (χ0n) is 9.34. The summed E-state index contributed by atoms with van der Waals surface area (Å²) in [4.78, 5) is 4.21. The van der Waals surface area contributed by atoms with Crippen LogP contribution in [-0.2, 0) is 0 Å². The molecule has 1 aromatic carbocycles. The van der Waals surface area contributed by atoms with Gasteiger partial charge in [-0.25, -0.2) is 4.98 Å². The van der Waals surface area contributed by atoms with Crippen molar-refractivity contribution in [1.29, 1.82) is 5.26 Å². The fraction of sp³-hybridized carbons (Fsp3) is 0.0769. The Labute approximate surface area is 99.3 Å². The average Bonchev–Trinajstić information content (AvgIpc) is 2.32. The number of hydrogen-bond acceptors (Lipinski definition) is 4. The molecule has 17 heavy (non-hydrogen) atoms. The molecule has 0 saturated carbocycles. The lowest BCUT2D eigenvalue weighted by molar-refractivity contribution is 0.464. The fourth-order valence-electron chi connectivity index (χ4n) is 1.40. The van der Waals surface area contributed by atoms with Crippen molar-refractivity contribution in [2.75, 3.05) is 5.73 Å². The molecular formula is C13H11N3O. The molecule has 0 saturated heterocycles. The molecule has 1 heterocycles. The molecule has 4 heteroatoms. The van der Waals surface area contributed by atoms with Gasteiger partial charge >= 0.3 is 0 Å². The predicted octanol–water partition coefficient (Wildman–Crippen LogP) is 2.64. The highest BCUT2D eigenvalue weighted by molar-refractivity contribution is 5.57. The molecule has 0 aliphatic carbocycles. The Bertz CT molecular complexity index is 587. The minimum Gasteiger partial charge on any atom is -0.437 e. The summed E-state index contributed by atoms with van der Waals surface area (Å²) in [5.74, 6) is 0.989. The Hall–Kier alpha value is -2.54. The van der Waals surface area contributed by atoms with Crippen molar-refractivity contribution in [3.8, 4) is 17.7 Å². The first-order valence-electron chi connectivity index (χ1n) is 5.10. The largest absolute Gasteiger partial charge is 0.437 e. The molecule has 0 spiro atoms. The molecule has 4 nitrogen and oxygen atoms in total. The zero-order chi connectivity index (χ0) is 12.3. The zero-order valence-corrected chi connectivity index (χ0v) is 9.34. The van der Waals surface area contributed by atoms with Crippen LogP contribution in [-0.4, -0.2) is 4.98 Å². The summed E-state index contributed by atoms with van der Waals surface area (Å²) in [6, 6.07) is 12.4. The van der Waals surface area contributed by atoms with Crippen LogP contribution < -0.4 is 10.5 Å². The molecule has 0 bridgehead atoms. The van der Waals surface area contributed by atoms with Crippen LogP contribution in [0.4, 0.5) is 5.69 Å². The molecule has 2 rings (SSSR count). The lowest BCUT2D eigenvalue weighted by atomic mass is 10.2. The van der Waals surface area contributed by atoms with Crippen LogP contribution >= 0.6 is 0 Å². The number of pyridine rings is 1. The molecule has 0 aliphatic rings. The van der Waals surface area contributed by atoms with Crippen LogP contribution in [0.15, 0.2) is 36.4 Å². The normalized spacial score (nSPS) is 9.65. The summed E-state index contributed by atoms with van der Waals surface area (Å²) >= 11 is 0. The molecule has 0 fully saturated rings. The van der Waals surface area contributed by atoms with E-state index >= 15 is 0 Å². The summed E-state index contributed by atoms with van der Waals surface area (Å²) in [6.45, 7) is 1.88. The van der Waals surface area contributed by atoms with Crippen molar-refractivity contribution in [3.05, 3.63) is 47.7 Å². The molecule has 0 unspecified atom stereocenters. The minimum atomic E-state index is 0.423. The van der Waals surface area contributed by atoms with Gasteiger partial charge in [-0.1, -0.05) is 6.07 Å². The van der Waals surface area contributed by atoms with Gasteiger partial charge in [0.05, 0.1) is 17.3 Å². The number of nitrogen functional groups attached to an aromatic ring is 1. The van der Waals surface area contributed by atoms with E-state index in [1.807, 2.05) is 25.1 Å². The Balaban J connectivity index is 2.28. The highest BCUT2D eigenvalue weighted by atomic mass is 16.5. The van der Waals surface area contributed by atoms with Gasteiger partial charge in [-0.3, -0.25) is 0 Å². The van der Waals surface area contributed by atoms with Gasteiger partial charge in [0.1, 0.15) is 0 Å². The topological polar surface area (TPSA) is 71.9 Å². The number of aryl methyl sites for hydroxylation is 1. The summed E-state index contributed by atoms with van der Waals surface area (Å²) in [5.41, 5.74) is 7.58. The number of benzene rings is 1. The number of aromatic nitrogens is 1. The second-order valence-electron chi connectivity index (χ2n) is 3.58. The summed E-state index contributed by atoms with van der Waals surface area (Å²) in [7, 11) is 0. The van der Waals surface area contributed by atoms with Gasteiger partial charge in [0.25, 0.3) is 0 Å². The van der Waals surface area contributed by atoms with Gasteiger partial charge in [0.2, 0.25) is 5.88 Å². The number of rotatable bonds is 2. The first-order chi connectivity index (χ1) is 8.19. The van der Waals surface area contributed by atoms with Crippen molar-refractivity contribution < 1.29 is 4.74 Å². The third kappa shape index (κ3) is 2.52. The quantitative estimate of drug-likeness (QED) is 0.797. The van der Waals surface area contributed by atoms with Crippen molar-refractivity contribution in [1.82, 2.24) is 4.98 Å². The smallest absolute Gasteiger partial charge is 0.219 e. The first-order valence-corrected chi connectivity index (χ1v) is 5.10. The van der Waals surface area contributed by atoms with Gasteiger partial charge in [0.15, 0.2) is 5.75 Å². The molecule has 0 amide bonds. The molecule has 0 radical (unpaired) electrons. The van der Waals surface area contributed by atoms with E-state index in [2.05, 4.69) is 4.98 Å². The Morgan fingerprint density at radius 2 is 2.12 bits per heavy atom. The third-order valence-electron chi connectivity index (χ3n) is 2.22. The molecule has 0 atom stereocenters. The molecule has 0 aliphatic heterocycles. The van der Waals surface area contributed by atoms with Crippen LogP contribution in [0.25, 0.3) is 0 Å². The van der Waals surface area contributed by atoms with E-state index in [9.17, 15) is 0 Å². The molecular weight excluding hydrogens is 214 g/mol. The van der Waals surface area contributed by atoms with Gasteiger partial charge in [-0.15, -0.1) is 0 Å². The van der Waals surface area contributed by atoms with E-state index in [0.29, 0.717) is 22.9 Å². The SMILES string of the molecule is Cc1cccc(Oc2ccc(C#N)cc2N)n1. The van der Waals surface area contributed by atoms with E-state index in [1.165, 1.54) is 0 Å². The lowest BCUT2D eigenvalue weighted by Gasteiger charge is -2.07. The van der Waals surface area contributed by atoms with E-state index in [1.54, 1.807) is 24.3 Å². The number of nitrogens with two attached hydrogens (primary N) is 1. The standard InChI is InChI=1S/C13H11N3O/c1-9-3-2-4-13(16-9)17-12-6-5-10(8-14)7-11(12)15/h2-7H,15H2,1H3. The molecule has 1 aromatic heterocycles. The van der Waals surface area contributed by atoms with Gasteiger partial charge in [-0.05, 0) is 31.2 Å². The van der Waals surface area contributed by atoms with Crippen molar-refractivity contribution in [3.63, 3.8) is 0 Å². The Kier molecular flexibility index (Phi) is 2.93. The van der Waals surface area contributed by atoms with E-state index < -0.39 is 0 Å². The predicted molar refractivity (Wildman–Crippen MR) is 64.6 cm³/mol. The number of ether oxygens (including phenoxy) is 1. The maximum atomic E-state index is 8.72. The highest BCUT2D eigenvalue weighted by Gasteiger charge is 2.04. The third-order valence-corrected chi connectivity index (χ3v) is 2.22. The maximum absolute atomic E-state index is 8.72. The average molecular weight is 225 g/mol. The van der Waals surface area contributed by atoms with Crippen molar-refractivity contribution >= 4 is 5.69 Å². The summed E-state index contributed by atoms with van der Waals surface area (Å²) in [5, 5.41) is 8.72. The van der Waals surface area contributed by atoms with Crippen LogP contribution in [0.2, 0.25) is 0 Å². The summed E-state index contributed by atoms with van der Waals surface area (Å²) in [6.07, 6.45) is 0. The number of nitriles is 1. The van der Waals surface area contributed by atoms with Crippen LogP contribution in [0.5, 0.6) is 11.6 Å². The van der Waals surface area contributed by atoms with Gasteiger partial charge in [0, 0.05) is 11.8 Å². The minimum absolute atomic E-state index is 0.423. The lowest BCUT2D eigenvalue weighted by Crippen LogP contribution is -1.94. The van der Waals surface area contributed by atoms with Gasteiger partial charge in [-0.2, -0.15) is 5.26 Å². The van der Waals surface area contributed by atoms with Crippen LogP contribution in [0.1, 0.15) is 11.3 Å². The molecule has 2 N–H and O–H groups in total. The van der Waals surface area contributed by atoms with Gasteiger partial charge < -0.3 is 10.5 Å². The van der Waals surface area contributed by atoms with E-state index in [-0.39, 0.29) is 0 Å². The fourth-order valence-corrected chi connectivity index (χ4v) is 1.40. The molecule has 84 valence electrons. The summed E-state index contributed by atoms with van der Waals surface area (Å²) < 4.78 is 5.54. The maximum Gasteiger partial charge on any atom is 0.219 e. The number of nitrogens with zero attached hydrogens (tertiary/aromatic N) is 2. The second kappa shape index (κ2) is 4.54. The van der Waals surface area contributed by atoms with Crippen molar-refractivity contribution in [2.45, 2.75) is 6.92 Å². The number of anilines is 1. The Morgan fingerprint density at radius 3 is 2.76 bits per heavy atom. The van der Waals surface area contributed by atoms with Crippen molar-refractivity contribution in [2.24, 2.45) is 0 Å². The highest BCUT2D eigenvalue weighted by Crippen LogP contribution is 2.26. The monoisotopic (exact) mass is 225 g/mol. The second-order valence-corrected chi connectivity index (χ2v) is 3.58. The Morgan fingerprint density at radius 1 is 1.29 bits per heavy atom. The first kappa shape index (κ1) is 11.0.